The maximum absolute atomic E-state index is 5.14. The van der Waals surface area contributed by atoms with Crippen molar-refractivity contribution >= 4 is 30.1 Å². The Hall–Kier alpha value is -1.51. The van der Waals surface area contributed by atoms with Gasteiger partial charge in [0.2, 0.25) is 0 Å². The minimum absolute atomic E-state index is 0.645. The van der Waals surface area contributed by atoms with Crippen LogP contribution < -0.4 is 0 Å². The monoisotopic (exact) mass is 344 g/mol. The Morgan fingerprint density at radius 3 is 1.12 bits per heavy atom. The molecule has 3 nitrogen and oxygen atoms in total. The Morgan fingerprint density at radius 1 is 0.583 bits per heavy atom. The first kappa shape index (κ1) is 18.8. The van der Waals surface area contributed by atoms with Crippen molar-refractivity contribution in [2.45, 2.75) is 20.8 Å². The van der Waals surface area contributed by atoms with Crippen molar-refractivity contribution in [3.63, 3.8) is 0 Å². The minimum atomic E-state index is -1.06. The molecule has 0 unspecified atom stereocenters. The van der Waals surface area contributed by atoms with E-state index in [-0.39, 0.29) is 0 Å². The molecule has 0 heterocycles. The fourth-order valence-electron chi connectivity index (χ4n) is 2.31. The predicted octanol–water partition coefficient (Wildman–Crippen LogP) is 6.32. The van der Waals surface area contributed by atoms with E-state index in [4.69, 9.17) is 13.6 Å². The fourth-order valence-corrected chi connectivity index (χ4v) is 3.17. The average molecular weight is 344 g/mol. The minimum Gasteiger partial charge on any atom is -0.313 e. The Labute approximate surface area is 145 Å². The third-order valence-electron chi connectivity index (χ3n) is 3.32. The van der Waals surface area contributed by atoms with Crippen molar-refractivity contribution in [3.05, 3.63) is 60.7 Å². The summed E-state index contributed by atoms with van der Waals surface area (Å²) >= 11 is 0. The third kappa shape index (κ3) is 5.54. The number of hydrogen-bond donors (Lipinski definition) is 0. The van der Waals surface area contributed by atoms with Crippen LogP contribution in [-0.2, 0) is 13.6 Å². The molecule has 3 rings (SSSR count). The Bertz CT molecular complexity index is 626. The van der Waals surface area contributed by atoms with E-state index in [1.807, 2.05) is 20.8 Å². The molecule has 3 aromatic rings. The summed E-state index contributed by atoms with van der Waals surface area (Å²) in [5.74, 6) is 0. The maximum atomic E-state index is 5.14. The highest BCUT2D eigenvalue weighted by Crippen LogP contribution is 2.38. The molecule has 0 saturated heterocycles. The number of fused-ring (bicyclic) bond motifs is 2. The smallest absolute Gasteiger partial charge is 0.313 e. The van der Waals surface area contributed by atoms with Gasteiger partial charge in [-0.05, 0) is 54.4 Å². The summed E-state index contributed by atoms with van der Waals surface area (Å²) in [6.07, 6.45) is 0. The largest absolute Gasteiger partial charge is 0.332 e. The molecule has 4 heteroatoms. The van der Waals surface area contributed by atoms with Gasteiger partial charge in [-0.15, -0.1) is 0 Å². The first-order chi connectivity index (χ1) is 11.8. The fraction of sp³-hybridized carbons (Fsp3) is 0.300. The van der Waals surface area contributed by atoms with E-state index >= 15 is 0 Å². The van der Waals surface area contributed by atoms with Crippen molar-refractivity contribution in [3.8, 4) is 0 Å². The lowest BCUT2D eigenvalue weighted by molar-refractivity contribution is 0.176. The van der Waals surface area contributed by atoms with Crippen LogP contribution in [0.1, 0.15) is 20.8 Å². The van der Waals surface area contributed by atoms with E-state index in [9.17, 15) is 0 Å². The summed E-state index contributed by atoms with van der Waals surface area (Å²) in [6, 6.07) is 21.4. The van der Waals surface area contributed by atoms with Gasteiger partial charge in [0.05, 0.1) is 19.8 Å². The number of benzene rings is 3. The molecule has 0 spiro atoms. The van der Waals surface area contributed by atoms with Crippen molar-refractivity contribution < 1.29 is 13.6 Å². The van der Waals surface area contributed by atoms with Crippen LogP contribution in [0.15, 0.2) is 60.7 Å². The Balaban J connectivity index is 0.000000187. The molecule has 0 amide bonds. The van der Waals surface area contributed by atoms with Crippen LogP contribution in [0.4, 0.5) is 0 Å². The summed E-state index contributed by atoms with van der Waals surface area (Å²) in [7, 11) is -1.06. The molecule has 0 aromatic heterocycles. The van der Waals surface area contributed by atoms with E-state index in [1.54, 1.807) is 0 Å². The zero-order valence-electron chi connectivity index (χ0n) is 14.6. The second kappa shape index (κ2) is 10.4. The van der Waals surface area contributed by atoms with Crippen LogP contribution in [0.5, 0.6) is 0 Å². The molecular formula is C20H25O3P. The Kier molecular flexibility index (Phi) is 8.14. The van der Waals surface area contributed by atoms with Crippen LogP contribution in [0.25, 0.3) is 21.5 Å². The Morgan fingerprint density at radius 2 is 0.875 bits per heavy atom. The van der Waals surface area contributed by atoms with Crippen molar-refractivity contribution in [2.24, 2.45) is 0 Å². The van der Waals surface area contributed by atoms with Gasteiger partial charge in [-0.25, -0.2) is 0 Å². The highest BCUT2D eigenvalue weighted by atomic mass is 31.2. The van der Waals surface area contributed by atoms with Crippen LogP contribution in [0.3, 0.4) is 0 Å². The molecule has 128 valence electrons. The highest BCUT2D eigenvalue weighted by Gasteiger charge is 2.07. The SMILES string of the molecule is CCOP(OCC)OCC.c1ccc2cc3ccccc3cc2c1. The molecule has 0 saturated carbocycles. The topological polar surface area (TPSA) is 27.7 Å². The van der Waals surface area contributed by atoms with Gasteiger partial charge in [0.15, 0.2) is 0 Å². The van der Waals surface area contributed by atoms with Crippen LogP contribution in [0, 0.1) is 0 Å². The van der Waals surface area contributed by atoms with Gasteiger partial charge in [0.1, 0.15) is 0 Å². The number of rotatable bonds is 6. The summed E-state index contributed by atoms with van der Waals surface area (Å²) in [5.41, 5.74) is 0. The molecule has 0 aliphatic rings. The number of hydrogen-bond acceptors (Lipinski definition) is 3. The zero-order valence-corrected chi connectivity index (χ0v) is 15.5. The van der Waals surface area contributed by atoms with Crippen molar-refractivity contribution in [1.29, 1.82) is 0 Å². The van der Waals surface area contributed by atoms with E-state index in [0.29, 0.717) is 19.8 Å². The van der Waals surface area contributed by atoms with Gasteiger partial charge in [0.25, 0.3) is 0 Å². The summed E-state index contributed by atoms with van der Waals surface area (Å²) < 4.78 is 15.4. The normalized spacial score (nSPS) is 10.8. The van der Waals surface area contributed by atoms with Crippen LogP contribution >= 0.6 is 8.60 Å². The van der Waals surface area contributed by atoms with Crippen LogP contribution in [0.2, 0.25) is 0 Å². The van der Waals surface area contributed by atoms with Crippen molar-refractivity contribution in [1.82, 2.24) is 0 Å². The molecule has 0 aliphatic heterocycles. The molecule has 24 heavy (non-hydrogen) atoms. The van der Waals surface area contributed by atoms with E-state index < -0.39 is 8.60 Å². The standard InChI is InChI=1S/C14H10.C6H15O3P/c1-2-6-12-10-14-8-4-3-7-13(14)9-11(12)5-1;1-4-7-10(8-5-2)9-6-3/h1-10H;4-6H2,1-3H3. The average Bonchev–Trinajstić information content (AvgIpc) is 2.61. The first-order valence-corrected chi connectivity index (χ1v) is 9.44. The van der Waals surface area contributed by atoms with Crippen LogP contribution in [-0.4, -0.2) is 19.8 Å². The van der Waals surface area contributed by atoms with E-state index in [2.05, 4.69) is 60.7 Å². The van der Waals surface area contributed by atoms with E-state index in [1.165, 1.54) is 21.5 Å². The maximum Gasteiger partial charge on any atom is 0.332 e. The second-order valence-corrected chi connectivity index (χ2v) is 6.25. The molecule has 3 aromatic carbocycles. The van der Waals surface area contributed by atoms with Gasteiger partial charge in [-0.3, -0.25) is 0 Å². The lowest BCUT2D eigenvalue weighted by Gasteiger charge is -2.12. The molecule has 0 fully saturated rings. The van der Waals surface area contributed by atoms with Gasteiger partial charge in [-0.2, -0.15) is 0 Å². The quantitative estimate of drug-likeness (QED) is 0.387. The molecule has 0 N–H and O–H groups in total. The van der Waals surface area contributed by atoms with Gasteiger partial charge in [0, 0.05) is 0 Å². The molecule has 0 atom stereocenters. The zero-order chi connectivity index (χ0) is 17.2. The first-order valence-electron chi connectivity index (χ1n) is 8.34. The van der Waals surface area contributed by atoms with E-state index in [0.717, 1.165) is 0 Å². The lowest BCUT2D eigenvalue weighted by atomic mass is 10.0. The lowest BCUT2D eigenvalue weighted by Crippen LogP contribution is -1.94. The summed E-state index contributed by atoms with van der Waals surface area (Å²) in [5, 5.41) is 5.25. The van der Waals surface area contributed by atoms with Gasteiger partial charge in [-0.1, -0.05) is 48.5 Å². The molecular weight excluding hydrogens is 319 g/mol. The van der Waals surface area contributed by atoms with Crippen molar-refractivity contribution in [2.75, 3.05) is 19.8 Å². The van der Waals surface area contributed by atoms with Gasteiger partial charge >= 0.3 is 8.60 Å². The van der Waals surface area contributed by atoms with Gasteiger partial charge < -0.3 is 13.6 Å². The summed E-state index contributed by atoms with van der Waals surface area (Å²) in [4.78, 5) is 0. The third-order valence-corrected chi connectivity index (χ3v) is 4.72. The highest BCUT2D eigenvalue weighted by molar-refractivity contribution is 7.41. The molecule has 0 bridgehead atoms. The molecule has 0 aliphatic carbocycles. The molecule has 0 radical (unpaired) electrons. The second-order valence-electron chi connectivity index (χ2n) is 5.02. The predicted molar refractivity (Wildman–Crippen MR) is 103 cm³/mol. The summed E-state index contributed by atoms with van der Waals surface area (Å²) in [6.45, 7) is 7.71.